The molecule has 0 amide bonds. The molecular weight excluding hydrogens is 552 g/mol. The molecule has 0 aliphatic carbocycles. The summed E-state index contributed by atoms with van der Waals surface area (Å²) in [6, 6.07) is 19.7. The number of ether oxygens (including phenoxy) is 1. The Morgan fingerprint density at radius 3 is 1.64 bits per heavy atom. The number of hydrogen-bond donors (Lipinski definition) is 2. The van der Waals surface area contributed by atoms with Gasteiger partial charge in [0.25, 0.3) is 0 Å². The van der Waals surface area contributed by atoms with Crippen LogP contribution in [0.4, 0.5) is 0 Å². The molecule has 3 heteroatoms. The van der Waals surface area contributed by atoms with Gasteiger partial charge in [0.2, 0.25) is 0 Å². The van der Waals surface area contributed by atoms with Gasteiger partial charge in [-0.25, -0.2) is 0 Å². The van der Waals surface area contributed by atoms with Gasteiger partial charge >= 0.3 is 0 Å². The second kappa shape index (κ2) is 17.2. The van der Waals surface area contributed by atoms with Crippen LogP contribution in [0, 0.1) is 13.8 Å². The van der Waals surface area contributed by atoms with Crippen LogP contribution >= 0.6 is 0 Å². The topological polar surface area (TPSA) is 49.7 Å². The zero-order chi connectivity index (χ0) is 32.1. The molecule has 1 unspecified atom stereocenters. The second-order valence-corrected chi connectivity index (χ2v) is 14.1. The summed E-state index contributed by atoms with van der Waals surface area (Å²) in [6.07, 6.45) is 22.3. The van der Waals surface area contributed by atoms with Gasteiger partial charge in [-0.1, -0.05) is 151 Å². The van der Waals surface area contributed by atoms with Crippen molar-refractivity contribution in [2.45, 2.75) is 154 Å². The van der Waals surface area contributed by atoms with Crippen LogP contribution in [0.1, 0.15) is 150 Å². The lowest BCUT2D eigenvalue weighted by molar-refractivity contribution is 0.0506. The first-order chi connectivity index (χ1) is 21.8. The molecule has 2 N–H and O–H groups in total. The number of unbranched alkanes of at least 4 members (excludes halogenated alkanes) is 13. The smallest absolute Gasteiger partial charge is 0.127 e. The maximum Gasteiger partial charge on any atom is 0.127 e. The van der Waals surface area contributed by atoms with Crippen molar-refractivity contribution in [2.75, 3.05) is 0 Å². The molecule has 0 radical (unpaired) electrons. The quantitative estimate of drug-likeness (QED) is 0.132. The van der Waals surface area contributed by atoms with Gasteiger partial charge in [0, 0.05) is 17.5 Å². The van der Waals surface area contributed by atoms with Gasteiger partial charge < -0.3 is 14.9 Å². The molecule has 1 aliphatic rings. The molecule has 0 saturated heterocycles. The van der Waals surface area contributed by atoms with E-state index in [1.54, 1.807) is 0 Å². The molecule has 1 atom stereocenters. The summed E-state index contributed by atoms with van der Waals surface area (Å²) < 4.78 is 6.87. The molecule has 0 fully saturated rings. The van der Waals surface area contributed by atoms with E-state index in [0.717, 1.165) is 58.4 Å². The number of phenols is 1. The van der Waals surface area contributed by atoms with E-state index >= 15 is 0 Å². The molecule has 3 nitrogen and oxygen atoms in total. The normalized spacial score (nSPS) is 16.4. The molecule has 0 spiro atoms. The fraction of sp³-hybridized carbons (Fsp3) is 0.571. The van der Waals surface area contributed by atoms with E-state index in [0.29, 0.717) is 0 Å². The lowest BCUT2D eigenvalue weighted by Gasteiger charge is -2.39. The van der Waals surface area contributed by atoms with Gasteiger partial charge in [0.1, 0.15) is 22.7 Å². The highest BCUT2D eigenvalue weighted by Gasteiger charge is 2.39. The van der Waals surface area contributed by atoms with Crippen LogP contribution in [-0.2, 0) is 18.4 Å². The van der Waals surface area contributed by atoms with E-state index in [1.165, 1.54) is 89.9 Å². The number of fused-ring (bicyclic) bond motifs is 1. The van der Waals surface area contributed by atoms with Crippen molar-refractivity contribution in [1.29, 1.82) is 0 Å². The average molecular weight is 613 g/mol. The molecule has 1 aliphatic heterocycles. The first-order valence-corrected chi connectivity index (χ1v) is 18.2. The van der Waals surface area contributed by atoms with Gasteiger partial charge in [0.05, 0.1) is 0 Å². The summed E-state index contributed by atoms with van der Waals surface area (Å²) in [7, 11) is 0. The first-order valence-electron chi connectivity index (χ1n) is 18.2. The van der Waals surface area contributed by atoms with Crippen molar-refractivity contribution in [3.05, 3.63) is 94.0 Å². The Kier molecular flexibility index (Phi) is 13.4. The molecule has 0 bridgehead atoms. The zero-order valence-corrected chi connectivity index (χ0v) is 28.8. The number of benzene rings is 3. The molecule has 45 heavy (non-hydrogen) atoms. The standard InChI is InChI=1S/C42H60O3/c1-5-6-7-8-9-10-11-12-13-14-15-16-17-24-30-41(4)31-29-37-38(39(43)33(2)34(3)40(37)45-41)32-42(44,35-25-20-18-21-26-35)36-27-22-19-23-28-36/h18-23,25-28,43-44H,5-17,24,29-32H2,1-4H3. The second-order valence-electron chi connectivity index (χ2n) is 14.1. The van der Waals surface area contributed by atoms with E-state index in [9.17, 15) is 10.2 Å². The summed E-state index contributed by atoms with van der Waals surface area (Å²) in [5.74, 6) is 1.21. The minimum atomic E-state index is -1.27. The summed E-state index contributed by atoms with van der Waals surface area (Å²) in [6.45, 7) is 8.59. The fourth-order valence-electron chi connectivity index (χ4n) is 7.28. The Morgan fingerprint density at radius 2 is 1.16 bits per heavy atom. The van der Waals surface area contributed by atoms with Crippen molar-refractivity contribution in [1.82, 2.24) is 0 Å². The van der Waals surface area contributed by atoms with Crippen LogP contribution in [0.25, 0.3) is 0 Å². The van der Waals surface area contributed by atoms with Crippen LogP contribution in [0.2, 0.25) is 0 Å². The van der Waals surface area contributed by atoms with Crippen LogP contribution in [0.5, 0.6) is 11.5 Å². The van der Waals surface area contributed by atoms with E-state index in [2.05, 4.69) is 20.8 Å². The van der Waals surface area contributed by atoms with Crippen LogP contribution < -0.4 is 4.74 Å². The zero-order valence-electron chi connectivity index (χ0n) is 28.8. The van der Waals surface area contributed by atoms with Crippen LogP contribution in [0.3, 0.4) is 0 Å². The van der Waals surface area contributed by atoms with Crippen molar-refractivity contribution in [3.8, 4) is 11.5 Å². The van der Waals surface area contributed by atoms with E-state index in [4.69, 9.17) is 4.74 Å². The predicted molar refractivity (Wildman–Crippen MR) is 189 cm³/mol. The Labute approximate surface area is 274 Å². The fourth-order valence-corrected chi connectivity index (χ4v) is 7.28. The monoisotopic (exact) mass is 612 g/mol. The first kappa shape index (κ1) is 35.1. The van der Waals surface area contributed by atoms with E-state index in [-0.39, 0.29) is 17.8 Å². The molecular formula is C42H60O3. The van der Waals surface area contributed by atoms with Gasteiger partial charge in [-0.2, -0.15) is 0 Å². The third-order valence-corrected chi connectivity index (χ3v) is 10.4. The van der Waals surface area contributed by atoms with Gasteiger partial charge in [-0.15, -0.1) is 0 Å². The summed E-state index contributed by atoms with van der Waals surface area (Å²) in [5.41, 5.74) is 3.88. The lowest BCUT2D eigenvalue weighted by atomic mass is 9.77. The van der Waals surface area contributed by atoms with Crippen molar-refractivity contribution < 1.29 is 14.9 Å². The van der Waals surface area contributed by atoms with Gasteiger partial charge in [0.15, 0.2) is 0 Å². The Balaban J connectivity index is 1.34. The average Bonchev–Trinajstić information content (AvgIpc) is 3.06. The minimum absolute atomic E-state index is 0.204. The number of hydrogen-bond acceptors (Lipinski definition) is 3. The van der Waals surface area contributed by atoms with Crippen molar-refractivity contribution in [2.24, 2.45) is 0 Å². The molecule has 4 rings (SSSR count). The van der Waals surface area contributed by atoms with Gasteiger partial charge in [-0.05, 0) is 68.7 Å². The highest BCUT2D eigenvalue weighted by atomic mass is 16.5. The third-order valence-electron chi connectivity index (χ3n) is 10.4. The number of aliphatic hydroxyl groups is 1. The van der Waals surface area contributed by atoms with E-state index < -0.39 is 5.60 Å². The molecule has 1 heterocycles. The SMILES string of the molecule is CCCCCCCCCCCCCCCCC1(C)CCc2c(CC(O)(c3ccccc3)c3ccccc3)c(O)c(C)c(C)c2O1. The number of phenolic OH excluding ortho intramolecular Hbond substituents is 1. The summed E-state index contributed by atoms with van der Waals surface area (Å²) >= 11 is 0. The maximum absolute atomic E-state index is 12.3. The summed E-state index contributed by atoms with van der Waals surface area (Å²) in [5, 5.41) is 23.8. The molecule has 3 aromatic carbocycles. The molecule has 0 aromatic heterocycles. The van der Waals surface area contributed by atoms with Crippen LogP contribution in [0.15, 0.2) is 60.7 Å². The highest BCUT2D eigenvalue weighted by Crippen LogP contribution is 2.47. The molecule has 246 valence electrons. The summed E-state index contributed by atoms with van der Waals surface area (Å²) in [4.78, 5) is 0. The van der Waals surface area contributed by atoms with Crippen molar-refractivity contribution >= 4 is 0 Å². The minimum Gasteiger partial charge on any atom is -0.507 e. The molecule has 0 saturated carbocycles. The lowest BCUT2D eigenvalue weighted by Crippen LogP contribution is -2.38. The largest absolute Gasteiger partial charge is 0.507 e. The number of aromatic hydroxyl groups is 1. The van der Waals surface area contributed by atoms with Crippen LogP contribution in [-0.4, -0.2) is 15.8 Å². The van der Waals surface area contributed by atoms with Gasteiger partial charge in [-0.3, -0.25) is 0 Å². The third kappa shape index (κ3) is 9.38. The Bertz CT molecular complexity index is 1260. The Morgan fingerprint density at radius 1 is 0.689 bits per heavy atom. The maximum atomic E-state index is 12.3. The Hall–Kier alpha value is -2.78. The van der Waals surface area contributed by atoms with E-state index in [1.807, 2.05) is 67.6 Å². The predicted octanol–water partition coefficient (Wildman–Crippen LogP) is 11.4. The molecule has 3 aromatic rings. The number of rotatable bonds is 19. The highest BCUT2D eigenvalue weighted by molar-refractivity contribution is 5.60. The van der Waals surface area contributed by atoms with Crippen molar-refractivity contribution in [3.63, 3.8) is 0 Å².